The van der Waals surface area contributed by atoms with Gasteiger partial charge in [-0.15, -0.1) is 0 Å². The minimum absolute atomic E-state index is 0.123. The Morgan fingerprint density at radius 3 is 2.65 bits per heavy atom. The van der Waals surface area contributed by atoms with Gasteiger partial charge in [0, 0.05) is 22.9 Å². The normalized spacial score (nSPS) is 15.6. The summed E-state index contributed by atoms with van der Waals surface area (Å²) in [5.74, 6) is -0.222. The summed E-state index contributed by atoms with van der Waals surface area (Å²) in [6.45, 7) is 1.43. The van der Waals surface area contributed by atoms with Crippen molar-refractivity contribution in [1.29, 1.82) is 0 Å². The molecule has 1 aromatic heterocycles. The first kappa shape index (κ1) is 13.4. The molecule has 0 bridgehead atoms. The molecule has 104 valence electrons. The number of nitrogens with zero attached hydrogens (tertiary/aromatic N) is 1. The largest absolute Gasteiger partial charge is 0.422 e. The molecule has 5 heteroatoms. The van der Waals surface area contributed by atoms with E-state index < -0.39 is 5.63 Å². The monoisotopic (exact) mass is 335 g/mol. The number of hydrogen-bond donors (Lipinski definition) is 0. The smallest absolute Gasteiger partial charge is 0.349 e. The van der Waals surface area contributed by atoms with E-state index in [1.807, 2.05) is 6.07 Å². The van der Waals surface area contributed by atoms with Gasteiger partial charge >= 0.3 is 5.63 Å². The molecule has 0 unspecified atom stereocenters. The van der Waals surface area contributed by atoms with E-state index in [4.69, 9.17) is 4.42 Å². The molecule has 1 aliphatic rings. The van der Waals surface area contributed by atoms with E-state index >= 15 is 0 Å². The van der Waals surface area contributed by atoms with Crippen molar-refractivity contribution in [1.82, 2.24) is 4.90 Å². The number of halogens is 1. The third-order valence-electron chi connectivity index (χ3n) is 3.57. The van der Waals surface area contributed by atoms with Crippen molar-refractivity contribution in [2.45, 2.75) is 19.3 Å². The minimum Gasteiger partial charge on any atom is -0.422 e. The topological polar surface area (TPSA) is 50.5 Å². The lowest BCUT2D eigenvalue weighted by Gasteiger charge is -2.26. The molecule has 1 amide bonds. The zero-order chi connectivity index (χ0) is 14.1. The van der Waals surface area contributed by atoms with Crippen molar-refractivity contribution < 1.29 is 9.21 Å². The lowest BCUT2D eigenvalue weighted by atomic mass is 10.1. The fraction of sp³-hybridized carbons (Fsp3) is 0.333. The molecule has 1 aromatic carbocycles. The Morgan fingerprint density at radius 2 is 1.90 bits per heavy atom. The van der Waals surface area contributed by atoms with E-state index in [2.05, 4.69) is 15.9 Å². The number of hydrogen-bond acceptors (Lipinski definition) is 3. The van der Waals surface area contributed by atoms with E-state index in [-0.39, 0.29) is 11.5 Å². The molecule has 1 fully saturated rings. The van der Waals surface area contributed by atoms with Crippen LogP contribution in [0.5, 0.6) is 0 Å². The van der Waals surface area contributed by atoms with Crippen LogP contribution in [0.15, 0.2) is 37.9 Å². The van der Waals surface area contributed by atoms with Crippen LogP contribution in [-0.2, 0) is 0 Å². The fourth-order valence-corrected chi connectivity index (χ4v) is 2.89. The molecule has 0 radical (unpaired) electrons. The van der Waals surface area contributed by atoms with Gasteiger partial charge in [-0.2, -0.15) is 0 Å². The standard InChI is InChI=1S/C15H14BrNO3/c16-11-4-5-13-10(8-11)9-12(15(19)20-13)14(18)17-6-2-1-3-7-17/h4-5,8-9H,1-3,6-7H2. The number of piperidine rings is 1. The third kappa shape index (κ3) is 2.50. The Bertz CT molecular complexity index is 717. The highest BCUT2D eigenvalue weighted by Crippen LogP contribution is 2.20. The van der Waals surface area contributed by atoms with Gasteiger partial charge < -0.3 is 9.32 Å². The number of rotatable bonds is 1. The molecule has 1 aliphatic heterocycles. The predicted molar refractivity (Wildman–Crippen MR) is 79.9 cm³/mol. The number of likely N-dealkylation sites (tertiary alicyclic amines) is 1. The summed E-state index contributed by atoms with van der Waals surface area (Å²) in [4.78, 5) is 26.1. The van der Waals surface area contributed by atoms with E-state index in [0.29, 0.717) is 5.58 Å². The zero-order valence-electron chi connectivity index (χ0n) is 10.9. The van der Waals surface area contributed by atoms with E-state index in [1.54, 1.807) is 23.1 Å². The van der Waals surface area contributed by atoms with E-state index in [0.717, 1.165) is 42.2 Å². The number of carbonyl (C=O) groups excluding carboxylic acids is 1. The first-order valence-electron chi connectivity index (χ1n) is 6.68. The van der Waals surface area contributed by atoms with Gasteiger partial charge in [-0.1, -0.05) is 15.9 Å². The summed E-state index contributed by atoms with van der Waals surface area (Å²) in [6, 6.07) is 6.99. The second-order valence-corrected chi connectivity index (χ2v) is 5.90. The van der Waals surface area contributed by atoms with Crippen LogP contribution in [0.4, 0.5) is 0 Å². The van der Waals surface area contributed by atoms with Crippen LogP contribution in [0.2, 0.25) is 0 Å². The summed E-state index contributed by atoms with van der Waals surface area (Å²) < 4.78 is 6.12. The first-order valence-corrected chi connectivity index (χ1v) is 7.47. The summed E-state index contributed by atoms with van der Waals surface area (Å²) in [7, 11) is 0. The van der Waals surface area contributed by atoms with Gasteiger partial charge in [0.1, 0.15) is 11.1 Å². The maximum Gasteiger partial charge on any atom is 0.349 e. The van der Waals surface area contributed by atoms with Gasteiger partial charge in [0.2, 0.25) is 0 Å². The molecule has 4 nitrogen and oxygen atoms in total. The van der Waals surface area contributed by atoms with Crippen LogP contribution in [0.3, 0.4) is 0 Å². The van der Waals surface area contributed by atoms with Crippen LogP contribution >= 0.6 is 15.9 Å². The van der Waals surface area contributed by atoms with Crippen molar-refractivity contribution in [2.75, 3.05) is 13.1 Å². The first-order chi connectivity index (χ1) is 9.65. The quantitative estimate of drug-likeness (QED) is 0.752. The highest BCUT2D eigenvalue weighted by atomic mass is 79.9. The molecule has 2 aromatic rings. The second kappa shape index (κ2) is 5.40. The molecular weight excluding hydrogens is 322 g/mol. The Balaban J connectivity index is 2.03. The van der Waals surface area contributed by atoms with Gasteiger partial charge in [0.15, 0.2) is 0 Å². The second-order valence-electron chi connectivity index (χ2n) is 4.98. The van der Waals surface area contributed by atoms with Crippen molar-refractivity contribution in [2.24, 2.45) is 0 Å². The Kier molecular flexibility index (Phi) is 3.61. The molecule has 3 rings (SSSR count). The van der Waals surface area contributed by atoms with Crippen molar-refractivity contribution in [3.8, 4) is 0 Å². The molecule has 0 aliphatic carbocycles. The molecule has 0 spiro atoms. The lowest BCUT2D eigenvalue weighted by molar-refractivity contribution is 0.0720. The Labute approximate surface area is 124 Å². The van der Waals surface area contributed by atoms with Crippen LogP contribution in [0.1, 0.15) is 29.6 Å². The number of benzene rings is 1. The van der Waals surface area contributed by atoms with Crippen LogP contribution < -0.4 is 5.63 Å². The van der Waals surface area contributed by atoms with Crippen molar-refractivity contribution >= 4 is 32.8 Å². The SMILES string of the molecule is O=C(c1cc2cc(Br)ccc2oc1=O)N1CCCCC1. The van der Waals surface area contributed by atoms with Crippen LogP contribution in [0.25, 0.3) is 11.0 Å². The zero-order valence-corrected chi connectivity index (χ0v) is 12.5. The molecule has 2 heterocycles. The Hall–Kier alpha value is -1.62. The summed E-state index contributed by atoms with van der Waals surface area (Å²) in [5.41, 5.74) is 0.0568. The molecule has 0 saturated carbocycles. The van der Waals surface area contributed by atoms with Crippen LogP contribution in [-0.4, -0.2) is 23.9 Å². The summed E-state index contributed by atoms with van der Waals surface area (Å²) in [6.07, 6.45) is 3.13. The number of amides is 1. The molecule has 0 N–H and O–H groups in total. The minimum atomic E-state index is -0.560. The molecule has 0 atom stereocenters. The Morgan fingerprint density at radius 1 is 1.15 bits per heavy atom. The van der Waals surface area contributed by atoms with E-state index in [1.165, 1.54) is 0 Å². The van der Waals surface area contributed by atoms with Gasteiger partial charge in [-0.3, -0.25) is 4.79 Å². The highest BCUT2D eigenvalue weighted by Gasteiger charge is 2.22. The van der Waals surface area contributed by atoms with Gasteiger partial charge in [0.05, 0.1) is 0 Å². The maximum atomic E-state index is 12.4. The van der Waals surface area contributed by atoms with E-state index in [9.17, 15) is 9.59 Å². The molecule has 1 saturated heterocycles. The maximum absolute atomic E-state index is 12.4. The molecular formula is C15H14BrNO3. The number of carbonyl (C=O) groups is 1. The van der Waals surface area contributed by atoms with Crippen molar-refractivity contribution in [3.63, 3.8) is 0 Å². The third-order valence-corrected chi connectivity index (χ3v) is 4.06. The van der Waals surface area contributed by atoms with Crippen molar-refractivity contribution in [3.05, 3.63) is 44.7 Å². The van der Waals surface area contributed by atoms with Crippen LogP contribution in [0, 0.1) is 0 Å². The predicted octanol–water partition coefficient (Wildman–Crippen LogP) is 3.18. The van der Waals surface area contributed by atoms with Gasteiger partial charge in [-0.05, 0) is 43.5 Å². The summed E-state index contributed by atoms with van der Waals surface area (Å²) >= 11 is 3.37. The van der Waals surface area contributed by atoms with Gasteiger partial charge in [-0.25, -0.2) is 4.79 Å². The molecule has 20 heavy (non-hydrogen) atoms. The lowest BCUT2D eigenvalue weighted by Crippen LogP contribution is -2.37. The fourth-order valence-electron chi connectivity index (χ4n) is 2.51. The highest BCUT2D eigenvalue weighted by molar-refractivity contribution is 9.10. The average Bonchev–Trinajstić information content (AvgIpc) is 2.47. The summed E-state index contributed by atoms with van der Waals surface area (Å²) in [5, 5.41) is 0.749. The number of fused-ring (bicyclic) bond motifs is 1. The van der Waals surface area contributed by atoms with Gasteiger partial charge in [0.25, 0.3) is 5.91 Å². The average molecular weight is 336 g/mol.